The van der Waals surface area contributed by atoms with Crippen molar-refractivity contribution in [1.82, 2.24) is 9.97 Å². The summed E-state index contributed by atoms with van der Waals surface area (Å²) in [5.74, 6) is 0.247. The molecule has 1 rings (SSSR count). The molecular formula is C10H14N4O3. The lowest BCUT2D eigenvalue weighted by Gasteiger charge is -2.06. The van der Waals surface area contributed by atoms with Crippen molar-refractivity contribution in [3.63, 3.8) is 0 Å². The summed E-state index contributed by atoms with van der Waals surface area (Å²) in [4.78, 5) is 17.8. The Morgan fingerprint density at radius 3 is 2.94 bits per heavy atom. The Kier molecular flexibility index (Phi) is 4.38. The molecule has 0 atom stereocenters. The van der Waals surface area contributed by atoms with Crippen LogP contribution in [0.25, 0.3) is 0 Å². The van der Waals surface area contributed by atoms with Crippen LogP contribution in [0.3, 0.4) is 0 Å². The van der Waals surface area contributed by atoms with E-state index in [4.69, 9.17) is 4.74 Å². The monoisotopic (exact) mass is 238 g/mol. The third-order valence-corrected chi connectivity index (χ3v) is 1.92. The molecule has 0 spiro atoms. The first-order valence-corrected chi connectivity index (χ1v) is 5.01. The van der Waals surface area contributed by atoms with Gasteiger partial charge in [-0.15, -0.1) is 6.58 Å². The molecule has 7 heteroatoms. The van der Waals surface area contributed by atoms with Gasteiger partial charge < -0.3 is 10.1 Å². The van der Waals surface area contributed by atoms with Gasteiger partial charge in [0.15, 0.2) is 0 Å². The Morgan fingerprint density at radius 2 is 2.41 bits per heavy atom. The van der Waals surface area contributed by atoms with Crippen LogP contribution in [-0.4, -0.2) is 28.5 Å². The average Bonchev–Trinajstić information content (AvgIpc) is 2.28. The zero-order chi connectivity index (χ0) is 12.8. The smallest absolute Gasteiger partial charge is 0.349 e. The first kappa shape index (κ1) is 12.9. The molecule has 1 heterocycles. The second-order valence-electron chi connectivity index (χ2n) is 3.45. The summed E-state index contributed by atoms with van der Waals surface area (Å²) in [7, 11) is 1.62. The summed E-state index contributed by atoms with van der Waals surface area (Å²) in [6.45, 7) is 5.88. The van der Waals surface area contributed by atoms with Gasteiger partial charge in [0, 0.05) is 13.5 Å². The lowest BCUT2D eigenvalue weighted by Crippen LogP contribution is -2.06. The van der Waals surface area contributed by atoms with Gasteiger partial charge in [0.05, 0.1) is 11.5 Å². The molecule has 92 valence electrons. The van der Waals surface area contributed by atoms with Gasteiger partial charge in [0.1, 0.15) is 6.20 Å². The fraction of sp³-hybridized carbons (Fsp3) is 0.400. The second kappa shape index (κ2) is 5.78. The molecule has 1 aromatic heterocycles. The van der Waals surface area contributed by atoms with Crippen LogP contribution >= 0.6 is 0 Å². The molecule has 0 fully saturated rings. The Morgan fingerprint density at radius 1 is 1.71 bits per heavy atom. The van der Waals surface area contributed by atoms with Crippen LogP contribution in [0, 0.1) is 10.1 Å². The predicted octanol–water partition coefficient (Wildman–Crippen LogP) is 1.77. The molecule has 0 aliphatic carbocycles. The van der Waals surface area contributed by atoms with E-state index in [0.717, 1.165) is 11.8 Å². The quantitative estimate of drug-likeness (QED) is 0.461. The minimum atomic E-state index is -0.574. The number of rotatable bonds is 6. The van der Waals surface area contributed by atoms with E-state index < -0.39 is 4.92 Å². The minimum Gasteiger partial charge on any atom is -0.472 e. The number of hydrogen-bond acceptors (Lipinski definition) is 6. The maximum absolute atomic E-state index is 10.7. The second-order valence-corrected chi connectivity index (χ2v) is 3.45. The minimum absolute atomic E-state index is 0.0319. The molecule has 7 nitrogen and oxygen atoms in total. The molecule has 0 amide bonds. The van der Waals surface area contributed by atoms with E-state index in [-0.39, 0.29) is 17.5 Å². The van der Waals surface area contributed by atoms with Gasteiger partial charge in [-0.2, -0.15) is 4.98 Å². The third kappa shape index (κ3) is 3.71. The van der Waals surface area contributed by atoms with Crippen LogP contribution in [0.15, 0.2) is 18.3 Å². The SMILES string of the molecule is C=C(C)CCOc1nc(NC)ncc1[N+](=O)[O-]. The Bertz CT molecular complexity index is 434. The van der Waals surface area contributed by atoms with Crippen molar-refractivity contribution in [2.45, 2.75) is 13.3 Å². The topological polar surface area (TPSA) is 90.2 Å². The lowest BCUT2D eigenvalue weighted by molar-refractivity contribution is -0.386. The van der Waals surface area contributed by atoms with Crippen molar-refractivity contribution in [2.24, 2.45) is 0 Å². The summed E-state index contributed by atoms with van der Waals surface area (Å²) in [6.07, 6.45) is 1.74. The Hall–Kier alpha value is -2.18. The number of anilines is 1. The summed E-state index contributed by atoms with van der Waals surface area (Å²) < 4.78 is 5.26. The molecule has 0 saturated carbocycles. The number of aromatic nitrogens is 2. The van der Waals surface area contributed by atoms with E-state index >= 15 is 0 Å². The van der Waals surface area contributed by atoms with Gasteiger partial charge in [0.2, 0.25) is 5.95 Å². The standard InChI is InChI=1S/C10H14N4O3/c1-7(2)4-5-17-9-8(14(15)16)6-12-10(11-3)13-9/h6H,1,4-5H2,2-3H3,(H,11,12,13). The van der Waals surface area contributed by atoms with Crippen LogP contribution in [0.5, 0.6) is 5.88 Å². The molecule has 0 aromatic carbocycles. The van der Waals surface area contributed by atoms with Crippen molar-refractivity contribution >= 4 is 11.6 Å². The van der Waals surface area contributed by atoms with Crippen LogP contribution in [0.4, 0.5) is 11.6 Å². The summed E-state index contributed by atoms with van der Waals surface area (Å²) in [5, 5.41) is 13.4. The Balaban J connectivity index is 2.85. The van der Waals surface area contributed by atoms with E-state index in [1.54, 1.807) is 7.05 Å². The van der Waals surface area contributed by atoms with E-state index in [2.05, 4.69) is 21.9 Å². The number of ether oxygens (including phenoxy) is 1. The van der Waals surface area contributed by atoms with Gasteiger partial charge in [-0.1, -0.05) is 5.57 Å². The largest absolute Gasteiger partial charge is 0.472 e. The fourth-order valence-corrected chi connectivity index (χ4v) is 1.03. The molecule has 0 aliphatic rings. The number of nitro groups is 1. The zero-order valence-electron chi connectivity index (χ0n) is 9.77. The number of nitrogens with one attached hydrogen (secondary N) is 1. The highest BCUT2D eigenvalue weighted by molar-refractivity contribution is 5.42. The van der Waals surface area contributed by atoms with Crippen LogP contribution < -0.4 is 10.1 Å². The molecule has 0 aliphatic heterocycles. The van der Waals surface area contributed by atoms with Gasteiger partial charge in [-0.25, -0.2) is 4.98 Å². The molecule has 1 N–H and O–H groups in total. The molecule has 0 radical (unpaired) electrons. The van der Waals surface area contributed by atoms with Crippen molar-refractivity contribution in [3.05, 3.63) is 28.5 Å². The third-order valence-electron chi connectivity index (χ3n) is 1.92. The van der Waals surface area contributed by atoms with Crippen molar-refractivity contribution in [2.75, 3.05) is 19.0 Å². The van der Waals surface area contributed by atoms with E-state index in [1.807, 2.05) is 6.92 Å². The maximum Gasteiger partial charge on any atom is 0.349 e. The molecule has 0 saturated heterocycles. The summed E-state index contributed by atoms with van der Waals surface area (Å²) in [5.41, 5.74) is 0.696. The molecule has 17 heavy (non-hydrogen) atoms. The first-order valence-electron chi connectivity index (χ1n) is 5.01. The fourth-order valence-electron chi connectivity index (χ4n) is 1.03. The highest BCUT2D eigenvalue weighted by Crippen LogP contribution is 2.24. The van der Waals surface area contributed by atoms with Crippen LogP contribution in [0.1, 0.15) is 13.3 Å². The predicted molar refractivity (Wildman–Crippen MR) is 63.2 cm³/mol. The summed E-state index contributed by atoms with van der Waals surface area (Å²) >= 11 is 0. The molecular weight excluding hydrogens is 224 g/mol. The van der Waals surface area contributed by atoms with Crippen molar-refractivity contribution in [1.29, 1.82) is 0 Å². The number of hydrogen-bond donors (Lipinski definition) is 1. The highest BCUT2D eigenvalue weighted by atomic mass is 16.6. The lowest BCUT2D eigenvalue weighted by atomic mass is 10.3. The normalized spacial score (nSPS) is 9.76. The molecule has 0 bridgehead atoms. The van der Waals surface area contributed by atoms with E-state index in [1.165, 1.54) is 0 Å². The van der Waals surface area contributed by atoms with E-state index in [9.17, 15) is 10.1 Å². The van der Waals surface area contributed by atoms with Crippen molar-refractivity contribution in [3.8, 4) is 5.88 Å². The summed E-state index contributed by atoms with van der Waals surface area (Å²) in [6, 6.07) is 0. The van der Waals surface area contributed by atoms with Gasteiger partial charge >= 0.3 is 5.69 Å². The molecule has 1 aromatic rings. The molecule has 0 unspecified atom stereocenters. The number of nitrogens with zero attached hydrogens (tertiary/aromatic N) is 3. The zero-order valence-corrected chi connectivity index (χ0v) is 9.77. The van der Waals surface area contributed by atoms with Crippen LogP contribution in [-0.2, 0) is 0 Å². The first-order chi connectivity index (χ1) is 8.04. The van der Waals surface area contributed by atoms with Gasteiger partial charge in [0.25, 0.3) is 5.88 Å². The average molecular weight is 238 g/mol. The van der Waals surface area contributed by atoms with Crippen LogP contribution in [0.2, 0.25) is 0 Å². The Labute approximate surface area is 98.7 Å². The maximum atomic E-state index is 10.7. The van der Waals surface area contributed by atoms with Gasteiger partial charge in [-0.3, -0.25) is 10.1 Å². The highest BCUT2D eigenvalue weighted by Gasteiger charge is 2.18. The van der Waals surface area contributed by atoms with Gasteiger partial charge in [-0.05, 0) is 6.92 Å². The van der Waals surface area contributed by atoms with E-state index in [0.29, 0.717) is 13.0 Å². The van der Waals surface area contributed by atoms with Crippen molar-refractivity contribution < 1.29 is 9.66 Å².